The average molecular weight is 327 g/mol. The highest BCUT2D eigenvalue weighted by Crippen LogP contribution is 2.32. The van der Waals surface area contributed by atoms with E-state index in [0.29, 0.717) is 29.7 Å². The van der Waals surface area contributed by atoms with Crippen molar-refractivity contribution in [3.63, 3.8) is 0 Å². The third-order valence-electron chi connectivity index (χ3n) is 2.90. The fourth-order valence-electron chi connectivity index (χ4n) is 1.97. The summed E-state index contributed by atoms with van der Waals surface area (Å²) in [6, 6.07) is 5.07. The van der Waals surface area contributed by atoms with Gasteiger partial charge in [-0.2, -0.15) is 0 Å². The molecule has 1 aliphatic rings. The van der Waals surface area contributed by atoms with Crippen molar-refractivity contribution in [1.29, 1.82) is 0 Å². The van der Waals surface area contributed by atoms with Crippen molar-refractivity contribution in [2.24, 2.45) is 5.92 Å². The second kappa shape index (κ2) is 7.31. The molecule has 0 aliphatic carbocycles. The number of hydrogen-bond donors (Lipinski definition) is 2. The lowest BCUT2D eigenvalue weighted by atomic mass is 9.95. The fraction of sp³-hybridized carbons (Fsp3) is 0.417. The van der Waals surface area contributed by atoms with Crippen molar-refractivity contribution >= 4 is 41.6 Å². The molecule has 0 unspecified atom stereocenters. The molecule has 0 saturated carbocycles. The number of carbonyl (C=O) groups is 1. The molecule has 0 amide bonds. The Kier molecular flexibility index (Phi) is 6.36. The molecule has 1 aromatic carbocycles. The molecule has 4 nitrogen and oxygen atoms in total. The van der Waals surface area contributed by atoms with E-state index in [1.807, 2.05) is 0 Å². The van der Waals surface area contributed by atoms with E-state index in [4.69, 9.17) is 27.9 Å². The first kappa shape index (κ1) is 16.5. The first-order valence-corrected chi connectivity index (χ1v) is 6.35. The van der Waals surface area contributed by atoms with Gasteiger partial charge in [-0.25, -0.2) is 0 Å². The molecule has 2 N–H and O–H groups in total. The highest BCUT2D eigenvalue weighted by molar-refractivity contribution is 6.42. The van der Waals surface area contributed by atoms with Crippen LogP contribution in [0.15, 0.2) is 18.2 Å². The molecule has 1 aliphatic heterocycles. The number of nitrogens with one attached hydrogen (secondary N) is 1. The van der Waals surface area contributed by atoms with Gasteiger partial charge in [-0.1, -0.05) is 29.3 Å². The van der Waals surface area contributed by atoms with Gasteiger partial charge < -0.3 is 15.2 Å². The maximum absolute atomic E-state index is 11.3. The van der Waals surface area contributed by atoms with Gasteiger partial charge >= 0.3 is 5.97 Å². The van der Waals surface area contributed by atoms with E-state index in [1.165, 1.54) is 0 Å². The Morgan fingerprint density at radius 2 is 2.11 bits per heavy atom. The number of rotatable bonds is 2. The zero-order valence-electron chi connectivity index (χ0n) is 9.94. The second-order valence-electron chi connectivity index (χ2n) is 4.11. The van der Waals surface area contributed by atoms with Crippen LogP contribution in [-0.4, -0.2) is 30.8 Å². The molecule has 2 rings (SSSR count). The van der Waals surface area contributed by atoms with Crippen LogP contribution in [0.2, 0.25) is 10.0 Å². The number of hydrogen-bond acceptors (Lipinski definition) is 3. The molecule has 1 heterocycles. The molecule has 1 fully saturated rings. The Hall–Kier alpha value is -0.520. The maximum Gasteiger partial charge on any atom is 0.310 e. The van der Waals surface area contributed by atoms with Gasteiger partial charge in [0.25, 0.3) is 0 Å². The number of carboxylic acid groups (broad SMARTS) is 1. The Balaban J connectivity index is 0.00000180. The lowest BCUT2D eigenvalue weighted by Gasteiger charge is -2.22. The minimum atomic E-state index is -0.888. The standard InChI is InChI=1S/C12H13Cl2NO3.ClH/c13-9-2-1-7(5-10(9)14)11-8(12(16)17)6-15-3-4-18-11;/h1-2,5,8,11,15H,3-4,6H2,(H,16,17);1H/t8-,11+;/m1./s1. The minimum Gasteiger partial charge on any atom is -0.481 e. The highest BCUT2D eigenvalue weighted by atomic mass is 35.5. The number of aliphatic carboxylic acids is 1. The smallest absolute Gasteiger partial charge is 0.310 e. The summed E-state index contributed by atoms with van der Waals surface area (Å²) in [7, 11) is 0. The molecule has 0 aromatic heterocycles. The second-order valence-corrected chi connectivity index (χ2v) is 4.93. The Morgan fingerprint density at radius 1 is 1.37 bits per heavy atom. The number of carboxylic acids is 1. The van der Waals surface area contributed by atoms with Crippen molar-refractivity contribution in [2.75, 3.05) is 19.7 Å². The van der Waals surface area contributed by atoms with Gasteiger partial charge in [-0.05, 0) is 17.7 Å². The van der Waals surface area contributed by atoms with E-state index in [9.17, 15) is 9.90 Å². The van der Waals surface area contributed by atoms with Crippen LogP contribution in [0.4, 0.5) is 0 Å². The van der Waals surface area contributed by atoms with Crippen LogP contribution >= 0.6 is 35.6 Å². The third-order valence-corrected chi connectivity index (χ3v) is 3.63. The van der Waals surface area contributed by atoms with Crippen LogP contribution in [0.1, 0.15) is 11.7 Å². The maximum atomic E-state index is 11.3. The van der Waals surface area contributed by atoms with Crippen LogP contribution < -0.4 is 5.32 Å². The molecule has 0 bridgehead atoms. The Labute approximate surface area is 127 Å². The van der Waals surface area contributed by atoms with Crippen LogP contribution in [0.25, 0.3) is 0 Å². The highest BCUT2D eigenvalue weighted by Gasteiger charge is 2.32. The molecular formula is C12H14Cl3NO3. The summed E-state index contributed by atoms with van der Waals surface area (Å²) in [5, 5.41) is 13.1. The van der Waals surface area contributed by atoms with E-state index in [0.717, 1.165) is 5.56 Å². The largest absolute Gasteiger partial charge is 0.481 e. The third kappa shape index (κ3) is 3.97. The van der Waals surface area contributed by atoms with Gasteiger partial charge in [0.2, 0.25) is 0 Å². The van der Waals surface area contributed by atoms with E-state index in [2.05, 4.69) is 5.32 Å². The quantitative estimate of drug-likeness (QED) is 0.877. The lowest BCUT2D eigenvalue weighted by Crippen LogP contribution is -2.30. The van der Waals surface area contributed by atoms with Gasteiger partial charge in [-0.3, -0.25) is 4.79 Å². The van der Waals surface area contributed by atoms with E-state index >= 15 is 0 Å². The van der Waals surface area contributed by atoms with Crippen LogP contribution in [0.5, 0.6) is 0 Å². The average Bonchev–Trinajstić information content (AvgIpc) is 2.58. The summed E-state index contributed by atoms with van der Waals surface area (Å²) < 4.78 is 5.61. The summed E-state index contributed by atoms with van der Waals surface area (Å²) in [5.74, 6) is -1.52. The first-order chi connectivity index (χ1) is 8.59. The van der Waals surface area contributed by atoms with Crippen LogP contribution in [0.3, 0.4) is 0 Å². The summed E-state index contributed by atoms with van der Waals surface area (Å²) >= 11 is 11.8. The molecule has 2 atom stereocenters. The fourth-order valence-corrected chi connectivity index (χ4v) is 2.28. The number of halogens is 3. The van der Waals surface area contributed by atoms with Gasteiger partial charge in [-0.15, -0.1) is 12.4 Å². The van der Waals surface area contributed by atoms with Crippen molar-refractivity contribution in [1.82, 2.24) is 5.32 Å². The van der Waals surface area contributed by atoms with Crippen molar-refractivity contribution < 1.29 is 14.6 Å². The summed E-state index contributed by atoms with van der Waals surface area (Å²) in [5.41, 5.74) is 0.737. The predicted molar refractivity (Wildman–Crippen MR) is 76.4 cm³/mol. The predicted octanol–water partition coefficient (Wildman–Crippen LogP) is 2.78. The molecule has 0 spiro atoms. The van der Waals surface area contributed by atoms with Crippen molar-refractivity contribution in [3.8, 4) is 0 Å². The molecule has 0 radical (unpaired) electrons. The topological polar surface area (TPSA) is 58.6 Å². The van der Waals surface area contributed by atoms with Gasteiger partial charge in [0, 0.05) is 13.1 Å². The molecular weight excluding hydrogens is 312 g/mol. The van der Waals surface area contributed by atoms with Crippen LogP contribution in [-0.2, 0) is 9.53 Å². The number of ether oxygens (including phenoxy) is 1. The van der Waals surface area contributed by atoms with Gasteiger partial charge in [0.1, 0.15) is 0 Å². The van der Waals surface area contributed by atoms with Gasteiger partial charge in [0.15, 0.2) is 0 Å². The van der Waals surface area contributed by atoms with Gasteiger partial charge in [0.05, 0.1) is 28.7 Å². The minimum absolute atomic E-state index is 0. The van der Waals surface area contributed by atoms with E-state index in [-0.39, 0.29) is 12.4 Å². The van der Waals surface area contributed by atoms with E-state index < -0.39 is 18.0 Å². The number of benzene rings is 1. The molecule has 1 saturated heterocycles. The molecule has 1 aromatic rings. The molecule has 7 heteroatoms. The van der Waals surface area contributed by atoms with Crippen molar-refractivity contribution in [2.45, 2.75) is 6.10 Å². The summed E-state index contributed by atoms with van der Waals surface area (Å²) in [6.07, 6.45) is -0.507. The Bertz CT molecular complexity index is 456. The van der Waals surface area contributed by atoms with Crippen LogP contribution in [0, 0.1) is 5.92 Å². The Morgan fingerprint density at radius 3 is 2.74 bits per heavy atom. The molecule has 19 heavy (non-hydrogen) atoms. The summed E-state index contributed by atoms with van der Waals surface area (Å²) in [6.45, 7) is 1.48. The molecule has 106 valence electrons. The zero-order valence-corrected chi connectivity index (χ0v) is 12.3. The monoisotopic (exact) mass is 325 g/mol. The SMILES string of the molecule is Cl.O=C(O)[C@@H]1CNCCO[C@H]1c1ccc(Cl)c(Cl)c1. The summed E-state index contributed by atoms with van der Waals surface area (Å²) in [4.78, 5) is 11.3. The zero-order chi connectivity index (χ0) is 13.1. The lowest BCUT2D eigenvalue weighted by molar-refractivity contribution is -0.146. The first-order valence-electron chi connectivity index (χ1n) is 5.59. The van der Waals surface area contributed by atoms with E-state index in [1.54, 1.807) is 18.2 Å². The normalized spacial score (nSPS) is 23.3. The van der Waals surface area contributed by atoms with Crippen molar-refractivity contribution in [3.05, 3.63) is 33.8 Å².